The van der Waals surface area contributed by atoms with Crippen LogP contribution in [0.1, 0.15) is 23.4 Å². The van der Waals surface area contributed by atoms with Gasteiger partial charge in [-0.1, -0.05) is 0 Å². The second kappa shape index (κ2) is 4.59. The molecule has 3 nitrogen and oxygen atoms in total. The summed E-state index contributed by atoms with van der Waals surface area (Å²) in [5.74, 6) is 0. The Morgan fingerprint density at radius 1 is 1.60 bits per heavy atom. The minimum Gasteiger partial charge on any atom is -0.357 e. The van der Waals surface area contributed by atoms with Crippen LogP contribution < -0.4 is 5.32 Å². The van der Waals surface area contributed by atoms with E-state index in [2.05, 4.69) is 40.3 Å². The molecule has 2 rings (SSSR count). The lowest BCUT2D eigenvalue weighted by molar-refractivity contribution is 0.581. The molecule has 1 unspecified atom stereocenters. The first kappa shape index (κ1) is 10.4. The maximum absolute atomic E-state index is 4.08. The molecule has 0 aliphatic rings. The first-order chi connectivity index (χ1) is 7.25. The summed E-state index contributed by atoms with van der Waals surface area (Å²) < 4.78 is 2.06. The number of hydrogen-bond donors (Lipinski definition) is 1. The highest BCUT2D eigenvalue weighted by Gasteiger charge is 2.06. The van der Waals surface area contributed by atoms with Gasteiger partial charge in [0.05, 0.1) is 5.51 Å². The van der Waals surface area contributed by atoms with Gasteiger partial charge in [0.25, 0.3) is 0 Å². The van der Waals surface area contributed by atoms with Crippen molar-refractivity contribution in [2.75, 3.05) is 0 Å². The predicted octanol–water partition coefficient (Wildman–Crippen LogP) is 2.33. The van der Waals surface area contributed by atoms with Crippen molar-refractivity contribution in [2.45, 2.75) is 19.5 Å². The average Bonchev–Trinajstić information content (AvgIpc) is 2.84. The van der Waals surface area contributed by atoms with Crippen LogP contribution in [0, 0.1) is 0 Å². The molecule has 0 aliphatic heterocycles. The molecule has 2 heterocycles. The first-order valence-electron chi connectivity index (χ1n) is 4.98. The molecule has 1 N–H and O–H groups in total. The molecule has 4 heteroatoms. The summed E-state index contributed by atoms with van der Waals surface area (Å²) in [4.78, 5) is 5.36. The number of aromatic nitrogens is 2. The molecule has 0 spiro atoms. The summed E-state index contributed by atoms with van der Waals surface area (Å²) in [5.41, 5.74) is 3.18. The van der Waals surface area contributed by atoms with Crippen LogP contribution >= 0.6 is 11.3 Å². The van der Waals surface area contributed by atoms with Gasteiger partial charge in [-0.05, 0) is 18.6 Å². The van der Waals surface area contributed by atoms with Crippen molar-refractivity contribution < 1.29 is 0 Å². The van der Waals surface area contributed by atoms with E-state index in [0.29, 0.717) is 6.04 Å². The zero-order valence-electron chi connectivity index (χ0n) is 8.97. The molecule has 0 aromatic carbocycles. The molecule has 0 fully saturated rings. The van der Waals surface area contributed by atoms with Crippen LogP contribution in [0.3, 0.4) is 0 Å². The Morgan fingerprint density at radius 2 is 2.47 bits per heavy atom. The fraction of sp³-hybridized carbons (Fsp3) is 0.364. The Kier molecular flexibility index (Phi) is 3.18. The topological polar surface area (TPSA) is 29.9 Å². The lowest BCUT2D eigenvalue weighted by Gasteiger charge is -2.10. The number of nitrogens with one attached hydrogen (secondary N) is 1. The van der Waals surface area contributed by atoms with Crippen molar-refractivity contribution >= 4 is 11.3 Å². The molecular formula is C11H15N3S. The van der Waals surface area contributed by atoms with Crippen molar-refractivity contribution in [3.8, 4) is 0 Å². The van der Waals surface area contributed by atoms with E-state index in [1.165, 1.54) is 10.4 Å². The summed E-state index contributed by atoms with van der Waals surface area (Å²) in [6, 6.07) is 2.50. The maximum atomic E-state index is 4.08. The van der Waals surface area contributed by atoms with Gasteiger partial charge in [0.2, 0.25) is 0 Å². The smallest absolute Gasteiger partial charge is 0.0794 e. The van der Waals surface area contributed by atoms with Crippen LogP contribution in [0.4, 0.5) is 0 Å². The Morgan fingerprint density at radius 3 is 3.07 bits per heavy atom. The average molecular weight is 221 g/mol. The highest BCUT2D eigenvalue weighted by Crippen LogP contribution is 2.16. The van der Waals surface area contributed by atoms with Crippen molar-refractivity contribution in [1.29, 1.82) is 0 Å². The van der Waals surface area contributed by atoms with E-state index >= 15 is 0 Å². The van der Waals surface area contributed by atoms with Gasteiger partial charge in [-0.15, -0.1) is 11.3 Å². The van der Waals surface area contributed by atoms with E-state index in [1.807, 2.05) is 18.8 Å². The van der Waals surface area contributed by atoms with Gasteiger partial charge in [0, 0.05) is 43.1 Å². The fourth-order valence-electron chi connectivity index (χ4n) is 1.48. The van der Waals surface area contributed by atoms with Crippen LogP contribution in [-0.4, -0.2) is 9.55 Å². The molecule has 0 amide bonds. The lowest BCUT2D eigenvalue weighted by Crippen LogP contribution is -2.16. The largest absolute Gasteiger partial charge is 0.357 e. The van der Waals surface area contributed by atoms with E-state index in [4.69, 9.17) is 0 Å². The first-order valence-corrected chi connectivity index (χ1v) is 5.86. The molecular weight excluding hydrogens is 206 g/mol. The van der Waals surface area contributed by atoms with E-state index in [9.17, 15) is 0 Å². The quantitative estimate of drug-likeness (QED) is 0.858. The predicted molar refractivity (Wildman–Crippen MR) is 62.8 cm³/mol. The van der Waals surface area contributed by atoms with Crippen molar-refractivity contribution in [2.24, 2.45) is 7.05 Å². The zero-order valence-corrected chi connectivity index (χ0v) is 9.79. The van der Waals surface area contributed by atoms with Gasteiger partial charge in [0.15, 0.2) is 0 Å². The number of thiazole rings is 1. The van der Waals surface area contributed by atoms with Crippen molar-refractivity contribution in [1.82, 2.24) is 14.9 Å². The molecule has 0 saturated carbocycles. The number of nitrogens with zero attached hydrogens (tertiary/aromatic N) is 2. The van der Waals surface area contributed by atoms with Gasteiger partial charge in [-0.2, -0.15) is 0 Å². The fourth-order valence-corrected chi connectivity index (χ4v) is 2.13. The van der Waals surface area contributed by atoms with Gasteiger partial charge < -0.3 is 9.88 Å². The van der Waals surface area contributed by atoms with Crippen LogP contribution in [-0.2, 0) is 13.6 Å². The Balaban J connectivity index is 1.88. The van der Waals surface area contributed by atoms with Gasteiger partial charge >= 0.3 is 0 Å². The van der Waals surface area contributed by atoms with Crippen molar-refractivity contribution in [3.05, 3.63) is 40.6 Å². The van der Waals surface area contributed by atoms with Crippen LogP contribution in [0.5, 0.6) is 0 Å². The number of rotatable bonds is 4. The minimum atomic E-state index is 0.373. The van der Waals surface area contributed by atoms with Crippen LogP contribution in [0.15, 0.2) is 30.2 Å². The highest BCUT2D eigenvalue weighted by molar-refractivity contribution is 7.09. The molecule has 1 atom stereocenters. The second-order valence-corrected chi connectivity index (χ2v) is 4.61. The third kappa shape index (κ3) is 2.67. The molecule has 2 aromatic rings. The third-order valence-electron chi connectivity index (χ3n) is 2.38. The maximum Gasteiger partial charge on any atom is 0.0794 e. The molecule has 0 saturated heterocycles. The van der Waals surface area contributed by atoms with E-state index in [0.717, 1.165) is 6.54 Å². The Bertz CT molecular complexity index is 405. The summed E-state index contributed by atoms with van der Waals surface area (Å²) in [7, 11) is 2.04. The Labute approximate surface area is 93.8 Å². The minimum absolute atomic E-state index is 0.373. The number of aryl methyl sites for hydroxylation is 1. The Hall–Kier alpha value is -1.13. The molecule has 2 aromatic heterocycles. The molecule has 0 bridgehead atoms. The summed E-state index contributed by atoms with van der Waals surface area (Å²) in [6.07, 6.45) is 6.12. The molecule has 0 aliphatic carbocycles. The zero-order chi connectivity index (χ0) is 10.7. The molecule has 15 heavy (non-hydrogen) atoms. The molecule has 0 radical (unpaired) electrons. The highest BCUT2D eigenvalue weighted by atomic mass is 32.1. The normalized spacial score (nSPS) is 12.9. The van der Waals surface area contributed by atoms with Gasteiger partial charge in [-0.25, -0.2) is 0 Å². The van der Waals surface area contributed by atoms with E-state index in [-0.39, 0.29) is 0 Å². The van der Waals surface area contributed by atoms with E-state index in [1.54, 1.807) is 11.3 Å². The van der Waals surface area contributed by atoms with Gasteiger partial charge in [0.1, 0.15) is 0 Å². The SMILES string of the molecule is CC(NCc1ccn(C)c1)c1cncs1. The van der Waals surface area contributed by atoms with Crippen molar-refractivity contribution in [3.63, 3.8) is 0 Å². The van der Waals surface area contributed by atoms with Crippen LogP contribution in [0.2, 0.25) is 0 Å². The number of hydrogen-bond acceptors (Lipinski definition) is 3. The summed E-state index contributed by atoms with van der Waals surface area (Å²) >= 11 is 1.69. The van der Waals surface area contributed by atoms with Gasteiger partial charge in [-0.3, -0.25) is 4.98 Å². The monoisotopic (exact) mass is 221 g/mol. The summed E-state index contributed by atoms with van der Waals surface area (Å²) in [6.45, 7) is 3.07. The second-order valence-electron chi connectivity index (χ2n) is 3.69. The van der Waals surface area contributed by atoms with E-state index < -0.39 is 0 Å². The lowest BCUT2D eigenvalue weighted by atomic mass is 10.2. The third-order valence-corrected chi connectivity index (χ3v) is 3.34. The standard InChI is InChI=1S/C11H15N3S/c1-9(11-6-12-8-15-11)13-5-10-3-4-14(2)7-10/h3-4,6-9,13H,5H2,1-2H3. The summed E-state index contributed by atoms with van der Waals surface area (Å²) in [5, 5.41) is 3.47. The van der Waals surface area contributed by atoms with Crippen LogP contribution in [0.25, 0.3) is 0 Å². The molecule has 80 valence electrons.